The standard InChI is InChI=1S/C36H49ClN6O8S/c1-35(2,3)41(4)33(47)38-28-14-9-7-5-6-8-12-23-18-36(23,32(46)40-52(49,50)25-15-16-25)39-30(44)29-17-24(20-43(29)31(28)45)51-34(48)42-19-22-11-10-13-27(37)26(22)21-42/h8,10-13,23-25,28-29H,5-7,9,14-21H2,1-4H3,(H,38,47)(H,39,44)(H,40,46)/t23-,24-,28+,29+,36-/m1/s1. The van der Waals surface area contributed by atoms with Gasteiger partial charge in [-0.15, -0.1) is 0 Å². The molecule has 3 heterocycles. The lowest BCUT2D eigenvalue weighted by Crippen LogP contribution is -2.59. The maximum Gasteiger partial charge on any atom is 0.410 e. The molecule has 0 unspecified atom stereocenters. The van der Waals surface area contributed by atoms with E-state index in [2.05, 4.69) is 15.4 Å². The number of hydrogen-bond donors (Lipinski definition) is 3. The van der Waals surface area contributed by atoms with E-state index in [0.29, 0.717) is 43.7 Å². The van der Waals surface area contributed by atoms with Crippen LogP contribution in [0.15, 0.2) is 30.4 Å². The van der Waals surface area contributed by atoms with E-state index >= 15 is 0 Å². The smallest absolute Gasteiger partial charge is 0.410 e. The number of fused-ring (bicyclic) bond motifs is 3. The number of carbonyl (C=O) groups is 5. The Labute approximate surface area is 310 Å². The van der Waals surface area contributed by atoms with Gasteiger partial charge in [-0.05, 0) is 76.5 Å². The first-order chi connectivity index (χ1) is 24.5. The van der Waals surface area contributed by atoms with E-state index in [1.165, 1.54) is 14.7 Å². The van der Waals surface area contributed by atoms with Crippen LogP contribution in [0.5, 0.6) is 0 Å². The summed E-state index contributed by atoms with van der Waals surface area (Å²) in [4.78, 5) is 73.5. The Kier molecular flexibility index (Phi) is 10.6. The summed E-state index contributed by atoms with van der Waals surface area (Å²) in [5.74, 6) is -2.44. The molecule has 1 aromatic carbocycles. The molecule has 6 rings (SSSR count). The highest BCUT2D eigenvalue weighted by molar-refractivity contribution is 7.91. The second-order valence-electron chi connectivity index (χ2n) is 15.7. The van der Waals surface area contributed by atoms with Crippen molar-refractivity contribution in [3.8, 4) is 0 Å². The van der Waals surface area contributed by atoms with Crippen molar-refractivity contribution < 1.29 is 37.1 Å². The molecular formula is C36H49ClN6O8S. The van der Waals surface area contributed by atoms with Crippen molar-refractivity contribution in [3.05, 3.63) is 46.5 Å². The zero-order valence-electron chi connectivity index (χ0n) is 30.2. The molecule has 1 aromatic rings. The quantitative estimate of drug-likeness (QED) is 0.382. The fraction of sp³-hybridized carbons (Fsp3) is 0.639. The highest BCUT2D eigenvalue weighted by Gasteiger charge is 2.62. The number of benzene rings is 1. The molecule has 5 aliphatic rings. The predicted molar refractivity (Wildman–Crippen MR) is 192 cm³/mol. The van der Waals surface area contributed by atoms with Crippen LogP contribution < -0.4 is 15.4 Å². The van der Waals surface area contributed by atoms with Crippen molar-refractivity contribution in [2.24, 2.45) is 5.92 Å². The zero-order valence-corrected chi connectivity index (χ0v) is 31.7. The van der Waals surface area contributed by atoms with E-state index < -0.39 is 80.3 Å². The van der Waals surface area contributed by atoms with Crippen molar-refractivity contribution >= 4 is 51.5 Å². The number of sulfonamides is 1. The zero-order chi connectivity index (χ0) is 37.6. The number of allylic oxidation sites excluding steroid dienone is 1. The van der Waals surface area contributed by atoms with Crippen LogP contribution in [0.4, 0.5) is 9.59 Å². The summed E-state index contributed by atoms with van der Waals surface area (Å²) in [5.41, 5.74) is -0.328. The molecule has 1 saturated heterocycles. The van der Waals surface area contributed by atoms with Gasteiger partial charge in [-0.2, -0.15) is 0 Å². The Morgan fingerprint density at radius 1 is 1.08 bits per heavy atom. The number of carbonyl (C=O) groups excluding carboxylic acids is 5. The van der Waals surface area contributed by atoms with Crippen molar-refractivity contribution in [1.82, 2.24) is 30.1 Å². The first-order valence-corrected chi connectivity index (χ1v) is 20.0. The van der Waals surface area contributed by atoms with Crippen LogP contribution in [0.1, 0.15) is 89.7 Å². The first kappa shape index (κ1) is 37.9. The summed E-state index contributed by atoms with van der Waals surface area (Å²) in [6, 6.07) is 2.85. The largest absolute Gasteiger partial charge is 0.444 e. The van der Waals surface area contributed by atoms with Crippen molar-refractivity contribution in [2.45, 2.75) is 126 Å². The van der Waals surface area contributed by atoms with Gasteiger partial charge in [0.25, 0.3) is 5.91 Å². The minimum Gasteiger partial charge on any atom is -0.444 e. The van der Waals surface area contributed by atoms with Gasteiger partial charge in [0.05, 0.1) is 18.3 Å². The molecule has 3 fully saturated rings. The molecule has 0 bridgehead atoms. The van der Waals surface area contributed by atoms with Crippen LogP contribution in [0.2, 0.25) is 5.02 Å². The van der Waals surface area contributed by atoms with Crippen molar-refractivity contribution in [1.29, 1.82) is 0 Å². The van der Waals surface area contributed by atoms with E-state index in [1.807, 2.05) is 45.1 Å². The third-order valence-electron chi connectivity index (χ3n) is 10.9. The lowest BCUT2D eigenvalue weighted by atomic mass is 10.0. The van der Waals surface area contributed by atoms with Crippen LogP contribution in [0.25, 0.3) is 0 Å². The molecule has 2 saturated carbocycles. The Morgan fingerprint density at radius 2 is 1.83 bits per heavy atom. The SMILES string of the molecule is CN(C(=O)N[C@H]1CCCCCC=C[C@@H]2C[C@@]2(C(=O)NS(=O)(=O)C2CC2)NC(=O)[C@@H]2C[C@@H](OC(=O)N3Cc4cccc(Cl)c4C3)CN2C1=O)C(C)(C)C. The second-order valence-corrected chi connectivity index (χ2v) is 18.1. The molecule has 0 spiro atoms. The fourth-order valence-electron chi connectivity index (χ4n) is 7.12. The molecule has 52 heavy (non-hydrogen) atoms. The number of amides is 6. The lowest BCUT2D eigenvalue weighted by molar-refractivity contribution is -0.141. The number of hydrogen-bond acceptors (Lipinski definition) is 8. The van der Waals surface area contributed by atoms with Gasteiger partial charge in [0.2, 0.25) is 21.8 Å². The average molecular weight is 761 g/mol. The third-order valence-corrected chi connectivity index (χ3v) is 13.1. The van der Waals surface area contributed by atoms with Gasteiger partial charge in [-0.3, -0.25) is 24.0 Å². The van der Waals surface area contributed by atoms with Gasteiger partial charge in [-0.25, -0.2) is 18.0 Å². The first-order valence-electron chi connectivity index (χ1n) is 18.1. The summed E-state index contributed by atoms with van der Waals surface area (Å²) in [5, 5.41) is 5.62. The predicted octanol–water partition coefficient (Wildman–Crippen LogP) is 3.57. The van der Waals surface area contributed by atoms with Crippen LogP contribution in [0.3, 0.4) is 0 Å². The summed E-state index contributed by atoms with van der Waals surface area (Å²) in [6.45, 7) is 6.04. The number of halogens is 1. The van der Waals surface area contributed by atoms with Crippen LogP contribution in [-0.2, 0) is 42.2 Å². The van der Waals surface area contributed by atoms with E-state index in [1.54, 1.807) is 13.1 Å². The molecule has 3 aliphatic heterocycles. The van der Waals surface area contributed by atoms with Gasteiger partial charge >= 0.3 is 12.1 Å². The second kappa shape index (κ2) is 14.5. The molecule has 6 amide bonds. The van der Waals surface area contributed by atoms with Gasteiger partial charge in [0.15, 0.2) is 0 Å². The van der Waals surface area contributed by atoms with Gasteiger partial charge < -0.3 is 25.2 Å². The summed E-state index contributed by atoms with van der Waals surface area (Å²) < 4.78 is 33.7. The molecule has 14 nitrogen and oxygen atoms in total. The highest BCUT2D eigenvalue weighted by atomic mass is 35.5. The van der Waals surface area contributed by atoms with Gasteiger partial charge in [0, 0.05) is 36.5 Å². The van der Waals surface area contributed by atoms with Gasteiger partial charge in [-0.1, -0.05) is 48.7 Å². The Hall–Kier alpha value is -3.85. The van der Waals surface area contributed by atoms with E-state index in [4.69, 9.17) is 16.3 Å². The molecule has 2 aliphatic carbocycles. The summed E-state index contributed by atoms with van der Waals surface area (Å²) in [7, 11) is -2.26. The molecule has 0 aromatic heterocycles. The lowest BCUT2D eigenvalue weighted by Gasteiger charge is -2.35. The number of ether oxygens (including phenoxy) is 1. The van der Waals surface area contributed by atoms with Gasteiger partial charge in [0.1, 0.15) is 23.7 Å². The monoisotopic (exact) mass is 760 g/mol. The minimum absolute atomic E-state index is 0.0635. The molecule has 3 N–H and O–H groups in total. The van der Waals surface area contributed by atoms with Crippen molar-refractivity contribution in [2.75, 3.05) is 13.6 Å². The molecular weight excluding hydrogens is 712 g/mol. The molecule has 284 valence electrons. The van der Waals surface area contributed by atoms with Crippen LogP contribution in [-0.4, -0.2) is 101 Å². The van der Waals surface area contributed by atoms with E-state index in [0.717, 1.165) is 24.0 Å². The summed E-state index contributed by atoms with van der Waals surface area (Å²) in [6.07, 6.45) is 6.51. The molecule has 16 heteroatoms. The van der Waals surface area contributed by atoms with Crippen LogP contribution >= 0.6 is 11.6 Å². The Morgan fingerprint density at radius 3 is 2.52 bits per heavy atom. The maximum absolute atomic E-state index is 14.4. The topological polar surface area (TPSA) is 175 Å². The molecule has 0 radical (unpaired) electrons. The van der Waals surface area contributed by atoms with E-state index in [9.17, 15) is 32.4 Å². The molecule has 5 atom stereocenters. The third kappa shape index (κ3) is 8.04. The summed E-state index contributed by atoms with van der Waals surface area (Å²) >= 11 is 6.37. The normalized spacial score (nSPS) is 28.0. The van der Waals surface area contributed by atoms with Crippen LogP contribution in [0, 0.1) is 5.92 Å². The van der Waals surface area contributed by atoms with E-state index in [-0.39, 0.29) is 25.9 Å². The maximum atomic E-state index is 14.4. The van der Waals surface area contributed by atoms with Crippen molar-refractivity contribution in [3.63, 3.8) is 0 Å². The number of nitrogens with zero attached hydrogens (tertiary/aromatic N) is 3. The number of nitrogens with one attached hydrogen (secondary N) is 3. The highest BCUT2D eigenvalue weighted by Crippen LogP contribution is 2.46. The Bertz CT molecular complexity index is 1760. The average Bonchev–Trinajstić information content (AvgIpc) is 3.96. The number of rotatable bonds is 5. The minimum atomic E-state index is -3.90. The number of urea groups is 1. The fourth-order valence-corrected chi connectivity index (χ4v) is 8.74. The Balaban J connectivity index is 1.26.